The average molecular weight is 309 g/mol. The third-order valence-electron chi connectivity index (χ3n) is 2.62. The largest absolute Gasteiger partial charge is 0.351 e. The number of benzene rings is 1. The second-order valence-corrected chi connectivity index (χ2v) is 5.09. The molecule has 0 aliphatic rings. The average Bonchev–Trinajstić information content (AvgIpc) is 2.69. The number of carbonyl (C=O) groups is 1. The summed E-state index contributed by atoms with van der Waals surface area (Å²) < 4.78 is 5.78. The van der Waals surface area contributed by atoms with Crippen LogP contribution in [-0.2, 0) is 0 Å². The fourth-order valence-electron chi connectivity index (χ4n) is 1.75. The molecule has 0 atom stereocenters. The summed E-state index contributed by atoms with van der Waals surface area (Å²) in [5, 5.41) is 6.43. The van der Waals surface area contributed by atoms with Crippen LogP contribution in [0.25, 0.3) is 0 Å². The SMILES string of the molecule is Cc1cc(C)c(NC(=O)c2oncc2C)c(Br)c1. The molecule has 94 valence electrons. The van der Waals surface area contributed by atoms with E-state index >= 15 is 0 Å². The minimum atomic E-state index is -0.294. The van der Waals surface area contributed by atoms with Crippen LogP contribution in [-0.4, -0.2) is 11.1 Å². The van der Waals surface area contributed by atoms with Gasteiger partial charge in [0, 0.05) is 10.0 Å². The van der Waals surface area contributed by atoms with Crippen LogP contribution in [0.15, 0.2) is 27.3 Å². The Labute approximate surface area is 113 Å². The first-order valence-corrected chi connectivity index (χ1v) is 6.27. The number of amides is 1. The molecule has 0 bridgehead atoms. The molecule has 1 aromatic heterocycles. The van der Waals surface area contributed by atoms with E-state index in [4.69, 9.17) is 4.52 Å². The van der Waals surface area contributed by atoms with E-state index in [0.717, 1.165) is 21.3 Å². The first kappa shape index (κ1) is 12.8. The van der Waals surface area contributed by atoms with Crippen LogP contribution in [0.5, 0.6) is 0 Å². The normalized spacial score (nSPS) is 10.4. The summed E-state index contributed by atoms with van der Waals surface area (Å²) in [6.45, 7) is 5.73. The third-order valence-corrected chi connectivity index (χ3v) is 3.25. The van der Waals surface area contributed by atoms with Gasteiger partial charge in [0.25, 0.3) is 5.91 Å². The Morgan fingerprint density at radius 1 is 1.28 bits per heavy atom. The van der Waals surface area contributed by atoms with Gasteiger partial charge in [-0.15, -0.1) is 0 Å². The lowest BCUT2D eigenvalue weighted by atomic mass is 10.1. The maximum absolute atomic E-state index is 12.0. The van der Waals surface area contributed by atoms with Gasteiger partial charge in [0.15, 0.2) is 0 Å². The Kier molecular flexibility index (Phi) is 3.52. The molecule has 0 spiro atoms. The lowest BCUT2D eigenvalue weighted by Gasteiger charge is -2.10. The van der Waals surface area contributed by atoms with Crippen LogP contribution in [0.4, 0.5) is 5.69 Å². The van der Waals surface area contributed by atoms with E-state index in [2.05, 4.69) is 26.4 Å². The number of aryl methyl sites for hydroxylation is 3. The minimum absolute atomic E-state index is 0.238. The summed E-state index contributed by atoms with van der Waals surface area (Å²) in [7, 11) is 0. The van der Waals surface area contributed by atoms with Crippen LogP contribution in [0.1, 0.15) is 27.2 Å². The van der Waals surface area contributed by atoms with Gasteiger partial charge in [0.2, 0.25) is 5.76 Å². The molecule has 0 saturated carbocycles. The zero-order chi connectivity index (χ0) is 13.3. The van der Waals surface area contributed by atoms with Crippen molar-refractivity contribution in [3.8, 4) is 0 Å². The molecule has 0 fully saturated rings. The zero-order valence-corrected chi connectivity index (χ0v) is 12.0. The highest BCUT2D eigenvalue weighted by Gasteiger charge is 2.16. The molecule has 0 aliphatic carbocycles. The molecule has 4 nitrogen and oxygen atoms in total. The van der Waals surface area contributed by atoms with Crippen molar-refractivity contribution in [3.63, 3.8) is 0 Å². The van der Waals surface area contributed by atoms with E-state index in [1.165, 1.54) is 6.20 Å². The highest BCUT2D eigenvalue weighted by molar-refractivity contribution is 9.10. The van der Waals surface area contributed by atoms with Gasteiger partial charge < -0.3 is 9.84 Å². The summed E-state index contributed by atoms with van der Waals surface area (Å²) >= 11 is 3.45. The van der Waals surface area contributed by atoms with Crippen LogP contribution in [0.3, 0.4) is 0 Å². The number of halogens is 1. The lowest BCUT2D eigenvalue weighted by Crippen LogP contribution is -2.13. The number of aromatic nitrogens is 1. The van der Waals surface area contributed by atoms with Gasteiger partial charge in [-0.2, -0.15) is 0 Å². The van der Waals surface area contributed by atoms with Gasteiger partial charge in [-0.3, -0.25) is 4.79 Å². The third kappa shape index (κ3) is 2.46. The van der Waals surface area contributed by atoms with Gasteiger partial charge >= 0.3 is 0 Å². The topological polar surface area (TPSA) is 55.1 Å². The second kappa shape index (κ2) is 4.94. The number of rotatable bonds is 2. The maximum atomic E-state index is 12.0. The quantitative estimate of drug-likeness (QED) is 0.922. The first-order valence-electron chi connectivity index (χ1n) is 5.48. The molecule has 18 heavy (non-hydrogen) atoms. The predicted molar refractivity (Wildman–Crippen MR) is 72.8 cm³/mol. The van der Waals surface area contributed by atoms with Gasteiger partial charge in [-0.1, -0.05) is 11.2 Å². The Morgan fingerprint density at radius 2 is 2.00 bits per heavy atom. The monoisotopic (exact) mass is 308 g/mol. The Morgan fingerprint density at radius 3 is 2.56 bits per heavy atom. The summed E-state index contributed by atoms with van der Waals surface area (Å²) in [4.78, 5) is 12.0. The molecular weight excluding hydrogens is 296 g/mol. The van der Waals surface area contributed by atoms with Gasteiger partial charge in [-0.05, 0) is 53.9 Å². The molecule has 0 radical (unpaired) electrons. The van der Waals surface area contributed by atoms with Crippen molar-refractivity contribution in [1.82, 2.24) is 5.16 Å². The molecule has 2 rings (SSSR count). The number of carbonyl (C=O) groups excluding carboxylic acids is 1. The first-order chi connectivity index (χ1) is 8.49. The molecule has 1 amide bonds. The van der Waals surface area contributed by atoms with Crippen molar-refractivity contribution >= 4 is 27.5 Å². The second-order valence-electron chi connectivity index (χ2n) is 4.23. The molecule has 1 aromatic carbocycles. The molecular formula is C13H13BrN2O2. The summed E-state index contributed by atoms with van der Waals surface area (Å²) in [5.41, 5.74) is 3.59. The van der Waals surface area contributed by atoms with Crippen molar-refractivity contribution in [3.05, 3.63) is 45.3 Å². The molecule has 0 saturated heterocycles. The summed E-state index contributed by atoms with van der Waals surface area (Å²) in [6.07, 6.45) is 1.52. The van der Waals surface area contributed by atoms with Gasteiger partial charge in [0.1, 0.15) is 0 Å². The van der Waals surface area contributed by atoms with Gasteiger partial charge in [-0.25, -0.2) is 0 Å². The van der Waals surface area contributed by atoms with Crippen LogP contribution in [0, 0.1) is 20.8 Å². The highest BCUT2D eigenvalue weighted by Crippen LogP contribution is 2.28. The maximum Gasteiger partial charge on any atom is 0.294 e. The van der Waals surface area contributed by atoms with Crippen LogP contribution < -0.4 is 5.32 Å². The molecule has 1 N–H and O–H groups in total. The van der Waals surface area contributed by atoms with E-state index < -0.39 is 0 Å². The Bertz CT molecular complexity index is 582. The van der Waals surface area contributed by atoms with Crippen LogP contribution >= 0.6 is 15.9 Å². The van der Waals surface area contributed by atoms with Crippen molar-refractivity contribution in [2.45, 2.75) is 20.8 Å². The number of hydrogen-bond acceptors (Lipinski definition) is 3. The van der Waals surface area contributed by atoms with E-state index in [0.29, 0.717) is 5.56 Å². The van der Waals surface area contributed by atoms with Crippen molar-refractivity contribution in [2.75, 3.05) is 5.32 Å². The van der Waals surface area contributed by atoms with E-state index in [1.54, 1.807) is 6.92 Å². The number of hydrogen-bond donors (Lipinski definition) is 1. The minimum Gasteiger partial charge on any atom is -0.351 e. The fraction of sp³-hybridized carbons (Fsp3) is 0.231. The molecule has 0 unspecified atom stereocenters. The summed E-state index contributed by atoms with van der Waals surface area (Å²) in [5.74, 6) is -0.0560. The highest BCUT2D eigenvalue weighted by atomic mass is 79.9. The van der Waals surface area contributed by atoms with E-state index in [9.17, 15) is 4.79 Å². The standard InChI is InChI=1S/C13H13BrN2O2/c1-7-4-8(2)11(10(14)5-7)16-13(17)12-9(3)6-15-18-12/h4-6H,1-3H3,(H,16,17). The number of anilines is 1. The lowest BCUT2D eigenvalue weighted by molar-refractivity contribution is 0.0987. The Hall–Kier alpha value is -1.62. The van der Waals surface area contributed by atoms with E-state index in [1.807, 2.05) is 26.0 Å². The molecule has 2 aromatic rings. The Balaban J connectivity index is 2.31. The van der Waals surface area contributed by atoms with Crippen molar-refractivity contribution < 1.29 is 9.32 Å². The molecule has 0 aliphatic heterocycles. The molecule has 5 heteroatoms. The number of nitrogens with zero attached hydrogens (tertiary/aromatic N) is 1. The van der Waals surface area contributed by atoms with Crippen molar-refractivity contribution in [2.24, 2.45) is 0 Å². The summed E-state index contributed by atoms with van der Waals surface area (Å²) in [6, 6.07) is 3.96. The zero-order valence-electron chi connectivity index (χ0n) is 10.4. The van der Waals surface area contributed by atoms with Crippen molar-refractivity contribution in [1.29, 1.82) is 0 Å². The number of nitrogens with one attached hydrogen (secondary N) is 1. The van der Waals surface area contributed by atoms with Gasteiger partial charge in [0.05, 0.1) is 11.9 Å². The predicted octanol–water partition coefficient (Wildman–Crippen LogP) is 3.61. The smallest absolute Gasteiger partial charge is 0.294 e. The molecule has 1 heterocycles. The fourth-order valence-corrected chi connectivity index (χ4v) is 2.53. The van der Waals surface area contributed by atoms with Crippen LogP contribution in [0.2, 0.25) is 0 Å². The van der Waals surface area contributed by atoms with E-state index in [-0.39, 0.29) is 11.7 Å².